The zero-order valence-corrected chi connectivity index (χ0v) is 23.1. The molecular weight excluding hydrogens is 463 g/mol. The number of ether oxygens (including phenoxy) is 1. The van der Waals surface area contributed by atoms with Gasteiger partial charge in [0.25, 0.3) is 0 Å². The Kier molecular flexibility index (Phi) is 8.40. The number of carbonyl (C=O) groups excluding carboxylic acids is 2. The summed E-state index contributed by atoms with van der Waals surface area (Å²) in [6.07, 6.45) is 5.26. The van der Waals surface area contributed by atoms with Crippen LogP contribution in [0.15, 0.2) is 0 Å². The van der Waals surface area contributed by atoms with Crippen LogP contribution in [0.2, 0.25) is 6.32 Å². The molecule has 2 N–H and O–H groups in total. The van der Waals surface area contributed by atoms with E-state index in [-0.39, 0.29) is 30.3 Å². The number of nitrogens with one attached hydrogen (secondary N) is 1. The van der Waals surface area contributed by atoms with Crippen LogP contribution in [0.25, 0.3) is 0 Å². The van der Waals surface area contributed by atoms with Gasteiger partial charge in [0.2, 0.25) is 5.91 Å². The second-order valence-corrected chi connectivity index (χ2v) is 12.8. The fourth-order valence-corrected chi connectivity index (χ4v) is 5.51. The summed E-state index contributed by atoms with van der Waals surface area (Å²) in [5, 5.41) is 13.1. The lowest BCUT2D eigenvalue weighted by Gasteiger charge is -2.32. The maximum atomic E-state index is 13.0. The summed E-state index contributed by atoms with van der Waals surface area (Å²) in [6.45, 7) is 14.0. The van der Waals surface area contributed by atoms with Gasteiger partial charge in [-0.25, -0.2) is 4.79 Å². The van der Waals surface area contributed by atoms with Gasteiger partial charge in [-0.05, 0) is 93.3 Å². The van der Waals surface area contributed by atoms with Crippen LogP contribution in [0.3, 0.4) is 0 Å². The summed E-state index contributed by atoms with van der Waals surface area (Å²) in [5.41, 5.74) is -2.20. The van der Waals surface area contributed by atoms with Gasteiger partial charge in [-0.15, -0.1) is 0 Å². The van der Waals surface area contributed by atoms with Crippen LogP contribution in [-0.2, 0) is 23.6 Å². The first-order valence-electron chi connectivity index (χ1n) is 13.4. The fraction of sp³-hybridized carbons (Fsp3) is 0.885. The van der Waals surface area contributed by atoms with Gasteiger partial charge < -0.3 is 24.5 Å². The lowest BCUT2D eigenvalue weighted by atomic mass is 9.77. The van der Waals surface area contributed by atoms with E-state index in [4.69, 9.17) is 14.0 Å². The van der Waals surface area contributed by atoms with Gasteiger partial charge in [-0.2, -0.15) is 0 Å². The molecule has 1 aliphatic carbocycles. The molecule has 0 aromatic carbocycles. The molecule has 36 heavy (non-hydrogen) atoms. The van der Waals surface area contributed by atoms with Crippen molar-refractivity contribution in [2.75, 3.05) is 6.54 Å². The van der Waals surface area contributed by atoms with Crippen LogP contribution in [0.5, 0.6) is 0 Å². The molecule has 0 aromatic heterocycles. The number of rotatable bonds is 8. The maximum absolute atomic E-state index is 13.0. The Hall–Kier alpha value is -1.81. The summed E-state index contributed by atoms with van der Waals surface area (Å²) in [4.78, 5) is 39.4. The standard InChI is InChI=1S/C26H45BN2O7/c1-23(2,3)34-22(33)29-16-10-11-19(29)20(30)28-18-12-14-26(17-18,21(31)32)13-8-9-15-27-35-24(4,5)25(6,7)36-27/h18-19H,8-17H2,1-7H3,(H,28,30)(H,31,32)/t18-,19?,26+/m0/s1. The molecule has 1 saturated carbocycles. The van der Waals surface area contributed by atoms with E-state index in [1.807, 2.05) is 27.7 Å². The molecule has 3 rings (SSSR count). The molecule has 9 nitrogen and oxygen atoms in total. The van der Waals surface area contributed by atoms with Gasteiger partial charge in [0.05, 0.1) is 16.6 Å². The zero-order valence-electron chi connectivity index (χ0n) is 23.1. The second kappa shape index (κ2) is 10.5. The van der Waals surface area contributed by atoms with E-state index in [1.165, 1.54) is 4.90 Å². The molecule has 2 aliphatic heterocycles. The number of amides is 2. The Bertz CT molecular complexity index is 825. The number of hydrogen-bond donors (Lipinski definition) is 2. The van der Waals surface area contributed by atoms with E-state index in [9.17, 15) is 19.5 Å². The third-order valence-corrected chi connectivity index (χ3v) is 8.24. The Morgan fingerprint density at radius 3 is 2.31 bits per heavy atom. The number of carbonyl (C=O) groups is 3. The highest BCUT2D eigenvalue weighted by molar-refractivity contribution is 6.45. The number of carboxylic acids is 1. The Morgan fingerprint density at radius 2 is 1.72 bits per heavy atom. The third-order valence-electron chi connectivity index (χ3n) is 8.24. The lowest BCUT2D eigenvalue weighted by molar-refractivity contribution is -0.149. The Morgan fingerprint density at radius 1 is 1.08 bits per heavy atom. The summed E-state index contributed by atoms with van der Waals surface area (Å²) >= 11 is 0. The van der Waals surface area contributed by atoms with Gasteiger partial charge in [-0.3, -0.25) is 14.5 Å². The van der Waals surface area contributed by atoms with Crippen molar-refractivity contribution in [2.24, 2.45) is 5.41 Å². The average Bonchev–Trinajstić information content (AvgIpc) is 3.41. The van der Waals surface area contributed by atoms with Crippen LogP contribution in [-0.4, -0.2) is 70.5 Å². The van der Waals surface area contributed by atoms with E-state index in [0.29, 0.717) is 38.6 Å². The molecule has 0 aromatic rings. The number of nitrogens with zero attached hydrogens (tertiary/aromatic N) is 1. The monoisotopic (exact) mass is 508 g/mol. The third kappa shape index (κ3) is 6.54. The lowest BCUT2D eigenvalue weighted by Crippen LogP contribution is -2.49. The molecule has 10 heteroatoms. The van der Waals surface area contributed by atoms with E-state index in [1.54, 1.807) is 20.8 Å². The Balaban J connectivity index is 1.49. The quantitative estimate of drug-likeness (QED) is 0.369. The number of carboxylic acid groups (broad SMARTS) is 1. The minimum atomic E-state index is -0.839. The average molecular weight is 508 g/mol. The van der Waals surface area contributed by atoms with Gasteiger partial charge in [-0.1, -0.05) is 12.8 Å². The number of likely N-dealkylation sites (tertiary alicyclic amines) is 1. The molecular formula is C26H45BN2O7. The maximum Gasteiger partial charge on any atom is 0.457 e. The van der Waals surface area contributed by atoms with Crippen molar-refractivity contribution in [1.82, 2.24) is 10.2 Å². The van der Waals surface area contributed by atoms with Crippen LogP contribution >= 0.6 is 0 Å². The van der Waals surface area contributed by atoms with E-state index in [2.05, 4.69) is 5.32 Å². The molecule has 3 aliphatic rings. The van der Waals surface area contributed by atoms with Crippen molar-refractivity contribution < 1.29 is 33.5 Å². The zero-order chi connectivity index (χ0) is 26.9. The fourth-order valence-electron chi connectivity index (χ4n) is 5.51. The van der Waals surface area contributed by atoms with E-state index in [0.717, 1.165) is 25.6 Å². The van der Waals surface area contributed by atoms with E-state index >= 15 is 0 Å². The smallest absolute Gasteiger partial charge is 0.457 e. The highest BCUT2D eigenvalue weighted by Gasteiger charge is 2.51. The van der Waals surface area contributed by atoms with Gasteiger partial charge in [0.1, 0.15) is 11.6 Å². The molecule has 0 bridgehead atoms. The van der Waals surface area contributed by atoms with Crippen molar-refractivity contribution in [3.05, 3.63) is 0 Å². The van der Waals surface area contributed by atoms with E-state index < -0.39 is 29.1 Å². The number of aliphatic carboxylic acids is 1. The van der Waals surface area contributed by atoms with Gasteiger partial charge in [0.15, 0.2) is 0 Å². The molecule has 2 heterocycles. The van der Waals surface area contributed by atoms with Crippen molar-refractivity contribution in [1.29, 1.82) is 0 Å². The topological polar surface area (TPSA) is 114 Å². The summed E-state index contributed by atoms with van der Waals surface area (Å²) in [5.74, 6) is -1.02. The minimum Gasteiger partial charge on any atom is -0.481 e. The van der Waals surface area contributed by atoms with Crippen LogP contribution in [0.1, 0.15) is 99.8 Å². The molecule has 2 amide bonds. The highest BCUT2D eigenvalue weighted by Crippen LogP contribution is 2.44. The van der Waals surface area contributed by atoms with Crippen molar-refractivity contribution >= 4 is 25.1 Å². The highest BCUT2D eigenvalue weighted by atomic mass is 16.7. The first-order chi connectivity index (χ1) is 16.6. The van der Waals surface area contributed by atoms with Gasteiger partial charge in [0, 0.05) is 12.6 Å². The molecule has 2 saturated heterocycles. The second-order valence-electron chi connectivity index (χ2n) is 12.8. The predicted octanol–water partition coefficient (Wildman–Crippen LogP) is 4.39. The normalized spacial score (nSPS) is 29.4. The number of hydrogen-bond acceptors (Lipinski definition) is 6. The molecule has 204 valence electrons. The molecule has 3 atom stereocenters. The predicted molar refractivity (Wildman–Crippen MR) is 137 cm³/mol. The van der Waals surface area contributed by atoms with Crippen molar-refractivity contribution in [3.8, 4) is 0 Å². The number of unbranched alkanes of at least 4 members (excludes halogenated alkanes) is 1. The summed E-state index contributed by atoms with van der Waals surface area (Å²) < 4.78 is 17.6. The van der Waals surface area contributed by atoms with Crippen LogP contribution < -0.4 is 5.32 Å². The molecule has 0 radical (unpaired) electrons. The van der Waals surface area contributed by atoms with Crippen LogP contribution in [0, 0.1) is 5.41 Å². The van der Waals surface area contributed by atoms with Crippen molar-refractivity contribution in [2.45, 2.75) is 135 Å². The molecule has 3 fully saturated rings. The Labute approximate surface area is 216 Å². The molecule has 0 spiro atoms. The summed E-state index contributed by atoms with van der Waals surface area (Å²) in [6, 6.07) is -0.780. The largest absolute Gasteiger partial charge is 0.481 e. The summed E-state index contributed by atoms with van der Waals surface area (Å²) in [7, 11) is -0.272. The first kappa shape index (κ1) is 28.8. The first-order valence-corrected chi connectivity index (χ1v) is 13.4. The van der Waals surface area contributed by atoms with Crippen LogP contribution in [0.4, 0.5) is 4.79 Å². The van der Waals surface area contributed by atoms with Gasteiger partial charge >= 0.3 is 19.2 Å². The minimum absolute atomic E-state index is 0.210. The van der Waals surface area contributed by atoms with Crippen molar-refractivity contribution in [3.63, 3.8) is 0 Å². The SMILES string of the molecule is CC(C)(C)OC(=O)N1CCCC1C(=O)N[C@H]1CC[C@@](CCCCB2OC(C)(C)C(C)(C)O2)(C(=O)O)C1. The molecule has 1 unspecified atom stereocenters.